The Morgan fingerprint density at radius 2 is 2.28 bits per heavy atom. The summed E-state index contributed by atoms with van der Waals surface area (Å²) in [6.45, 7) is 3.00. The molecule has 1 atom stereocenters. The Labute approximate surface area is 120 Å². The molecule has 0 bridgehead atoms. The van der Waals surface area contributed by atoms with Gasteiger partial charge in [0.1, 0.15) is 5.82 Å². The zero-order valence-corrected chi connectivity index (χ0v) is 12.7. The lowest BCUT2D eigenvalue weighted by atomic mass is 10.1. The van der Waals surface area contributed by atoms with Gasteiger partial charge < -0.3 is 9.88 Å². The number of benzene rings is 1. The van der Waals surface area contributed by atoms with Crippen molar-refractivity contribution in [1.29, 1.82) is 0 Å². The minimum absolute atomic E-state index is 0.0468. The Hall–Kier alpha value is -0.840. The van der Waals surface area contributed by atoms with E-state index < -0.39 is 0 Å². The van der Waals surface area contributed by atoms with Gasteiger partial charge in [0.2, 0.25) is 0 Å². The number of hydrogen-bond donors (Lipinski definition) is 1. The molecule has 1 unspecified atom stereocenters. The number of halogens is 2. The molecule has 1 N–H and O–H groups in total. The van der Waals surface area contributed by atoms with Gasteiger partial charge in [-0.05, 0) is 47.6 Å². The molecule has 1 aromatic carbocycles. The maximum atomic E-state index is 6.15. The quantitative estimate of drug-likeness (QED) is 0.929. The molecule has 0 saturated heterocycles. The molecule has 96 valence electrons. The number of hydrogen-bond acceptors (Lipinski definition) is 2. The second-order valence-corrected chi connectivity index (χ2v) is 5.23. The Morgan fingerprint density at radius 3 is 2.89 bits per heavy atom. The summed E-state index contributed by atoms with van der Waals surface area (Å²) in [6.07, 6.45) is 3.81. The van der Waals surface area contributed by atoms with Crippen LogP contribution in [0.5, 0.6) is 0 Å². The molecule has 0 fully saturated rings. The molecule has 1 heterocycles. The first-order valence-corrected chi connectivity index (χ1v) is 6.97. The standard InChI is InChI=1S/C13H15BrClN3/c1-3-18-7-6-17-13(18)12(16-2)9-4-5-10(14)11(15)8-9/h4-8,12,16H,3H2,1-2H3. The van der Waals surface area contributed by atoms with Crippen LogP contribution in [0.1, 0.15) is 24.4 Å². The number of nitrogens with one attached hydrogen (secondary N) is 1. The van der Waals surface area contributed by atoms with E-state index in [0.29, 0.717) is 5.02 Å². The van der Waals surface area contributed by atoms with E-state index in [1.54, 1.807) is 0 Å². The SMILES string of the molecule is CCn1ccnc1C(NC)c1ccc(Br)c(Cl)c1. The van der Waals surface area contributed by atoms with E-state index in [2.05, 4.69) is 37.7 Å². The van der Waals surface area contributed by atoms with Gasteiger partial charge in [-0.15, -0.1) is 0 Å². The molecule has 3 nitrogen and oxygen atoms in total. The Bertz CT molecular complexity index is 539. The van der Waals surface area contributed by atoms with Crippen molar-refractivity contribution >= 4 is 27.5 Å². The lowest BCUT2D eigenvalue weighted by Gasteiger charge is -2.18. The third kappa shape index (κ3) is 2.60. The van der Waals surface area contributed by atoms with Crippen LogP contribution in [-0.4, -0.2) is 16.6 Å². The van der Waals surface area contributed by atoms with E-state index in [4.69, 9.17) is 11.6 Å². The number of imidazole rings is 1. The molecule has 2 aromatic rings. The lowest BCUT2D eigenvalue weighted by molar-refractivity contribution is 0.590. The second kappa shape index (κ2) is 5.87. The average Bonchev–Trinajstić information content (AvgIpc) is 2.83. The van der Waals surface area contributed by atoms with Gasteiger partial charge in [-0.2, -0.15) is 0 Å². The molecule has 0 spiro atoms. The molecule has 0 aliphatic heterocycles. The van der Waals surface area contributed by atoms with Crippen molar-refractivity contribution < 1.29 is 0 Å². The molecule has 0 aliphatic rings. The van der Waals surface area contributed by atoms with Crippen LogP contribution in [0.4, 0.5) is 0 Å². The van der Waals surface area contributed by atoms with Gasteiger partial charge in [-0.3, -0.25) is 0 Å². The van der Waals surface area contributed by atoms with Gasteiger partial charge in [-0.25, -0.2) is 4.98 Å². The van der Waals surface area contributed by atoms with E-state index in [9.17, 15) is 0 Å². The molecular formula is C13H15BrClN3. The first-order valence-electron chi connectivity index (χ1n) is 5.80. The highest BCUT2D eigenvalue weighted by Gasteiger charge is 2.17. The monoisotopic (exact) mass is 327 g/mol. The predicted molar refractivity (Wildman–Crippen MR) is 78.0 cm³/mol. The number of nitrogens with zero attached hydrogens (tertiary/aromatic N) is 2. The van der Waals surface area contributed by atoms with Crippen molar-refractivity contribution in [1.82, 2.24) is 14.9 Å². The average molecular weight is 329 g/mol. The zero-order valence-electron chi connectivity index (χ0n) is 10.3. The second-order valence-electron chi connectivity index (χ2n) is 3.97. The maximum Gasteiger partial charge on any atom is 0.130 e. The highest BCUT2D eigenvalue weighted by atomic mass is 79.9. The summed E-state index contributed by atoms with van der Waals surface area (Å²) < 4.78 is 3.03. The Morgan fingerprint density at radius 1 is 1.50 bits per heavy atom. The summed E-state index contributed by atoms with van der Waals surface area (Å²) in [5.41, 5.74) is 1.10. The fourth-order valence-electron chi connectivity index (χ4n) is 1.99. The van der Waals surface area contributed by atoms with Gasteiger partial charge in [0.25, 0.3) is 0 Å². The summed E-state index contributed by atoms with van der Waals surface area (Å²) in [5, 5.41) is 4.00. The van der Waals surface area contributed by atoms with E-state index in [-0.39, 0.29) is 6.04 Å². The van der Waals surface area contributed by atoms with Crippen molar-refractivity contribution in [2.24, 2.45) is 0 Å². The fourth-order valence-corrected chi connectivity index (χ4v) is 2.42. The summed E-state index contributed by atoms with van der Waals surface area (Å²) in [4.78, 5) is 4.43. The van der Waals surface area contributed by atoms with Crippen LogP contribution >= 0.6 is 27.5 Å². The summed E-state index contributed by atoms with van der Waals surface area (Å²) in [7, 11) is 1.93. The fraction of sp³-hybridized carbons (Fsp3) is 0.308. The molecule has 2 rings (SSSR count). The van der Waals surface area contributed by atoms with Gasteiger partial charge in [-0.1, -0.05) is 17.7 Å². The predicted octanol–water partition coefficient (Wildman–Crippen LogP) is 3.63. The van der Waals surface area contributed by atoms with Gasteiger partial charge in [0.15, 0.2) is 0 Å². The molecule has 1 aromatic heterocycles. The topological polar surface area (TPSA) is 29.9 Å². The summed E-state index contributed by atoms with van der Waals surface area (Å²) >= 11 is 9.55. The first kappa shape index (κ1) is 13.6. The van der Waals surface area contributed by atoms with Crippen LogP contribution in [0.2, 0.25) is 5.02 Å². The summed E-state index contributed by atoms with van der Waals surface area (Å²) in [5.74, 6) is 0.999. The van der Waals surface area contributed by atoms with Crippen LogP contribution in [0.25, 0.3) is 0 Å². The number of aromatic nitrogens is 2. The molecule has 0 radical (unpaired) electrons. The van der Waals surface area contributed by atoms with Gasteiger partial charge >= 0.3 is 0 Å². The normalized spacial score (nSPS) is 12.7. The van der Waals surface area contributed by atoms with Crippen LogP contribution in [0.3, 0.4) is 0 Å². The zero-order chi connectivity index (χ0) is 13.1. The molecule has 0 aliphatic carbocycles. The van der Waals surface area contributed by atoms with Crippen LogP contribution in [0, 0.1) is 0 Å². The maximum absolute atomic E-state index is 6.15. The van der Waals surface area contributed by atoms with E-state index in [1.807, 2.05) is 37.6 Å². The van der Waals surface area contributed by atoms with Crippen molar-refractivity contribution in [2.45, 2.75) is 19.5 Å². The van der Waals surface area contributed by atoms with Crippen molar-refractivity contribution in [3.8, 4) is 0 Å². The minimum Gasteiger partial charge on any atom is -0.334 e. The number of aryl methyl sites for hydroxylation is 1. The third-order valence-corrected chi connectivity index (χ3v) is 4.14. The van der Waals surface area contributed by atoms with E-state index >= 15 is 0 Å². The largest absolute Gasteiger partial charge is 0.334 e. The smallest absolute Gasteiger partial charge is 0.130 e. The van der Waals surface area contributed by atoms with Crippen LogP contribution in [-0.2, 0) is 6.54 Å². The highest BCUT2D eigenvalue weighted by molar-refractivity contribution is 9.10. The minimum atomic E-state index is 0.0468. The number of rotatable bonds is 4. The molecular weight excluding hydrogens is 314 g/mol. The van der Waals surface area contributed by atoms with Crippen molar-refractivity contribution in [3.05, 3.63) is 51.5 Å². The third-order valence-electron chi connectivity index (χ3n) is 2.91. The highest BCUT2D eigenvalue weighted by Crippen LogP contribution is 2.28. The Kier molecular flexibility index (Phi) is 4.43. The molecule has 5 heteroatoms. The molecule has 18 heavy (non-hydrogen) atoms. The lowest BCUT2D eigenvalue weighted by Crippen LogP contribution is -2.21. The summed E-state index contributed by atoms with van der Waals surface area (Å²) in [6, 6.07) is 6.01. The van der Waals surface area contributed by atoms with Gasteiger partial charge in [0.05, 0.1) is 11.1 Å². The van der Waals surface area contributed by atoms with E-state index in [1.165, 1.54) is 0 Å². The first-order chi connectivity index (χ1) is 8.67. The van der Waals surface area contributed by atoms with E-state index in [0.717, 1.165) is 22.4 Å². The van der Waals surface area contributed by atoms with Crippen LogP contribution in [0.15, 0.2) is 35.1 Å². The molecule has 0 saturated carbocycles. The Balaban J connectivity index is 2.42. The van der Waals surface area contributed by atoms with Crippen molar-refractivity contribution in [3.63, 3.8) is 0 Å². The molecule has 0 amide bonds. The van der Waals surface area contributed by atoms with Crippen LogP contribution < -0.4 is 5.32 Å². The van der Waals surface area contributed by atoms with Crippen molar-refractivity contribution in [2.75, 3.05) is 7.05 Å². The van der Waals surface area contributed by atoms with Gasteiger partial charge in [0, 0.05) is 23.4 Å².